The second-order valence-corrected chi connectivity index (χ2v) is 1.63. The molecule has 0 aromatic heterocycles. The Hall–Kier alpha value is -0.690. The summed E-state index contributed by atoms with van der Waals surface area (Å²) in [5.74, 6) is 4.00. The van der Waals surface area contributed by atoms with Crippen molar-refractivity contribution in [2.75, 3.05) is 0 Å². The summed E-state index contributed by atoms with van der Waals surface area (Å²) < 4.78 is 0. The van der Waals surface area contributed by atoms with E-state index in [9.17, 15) is 0 Å². The van der Waals surface area contributed by atoms with Crippen molar-refractivity contribution in [3.63, 3.8) is 0 Å². The number of nitrogens with zero attached hydrogens (tertiary/aromatic N) is 2. The van der Waals surface area contributed by atoms with Crippen molar-refractivity contribution in [3.8, 4) is 0 Å². The highest BCUT2D eigenvalue weighted by Crippen LogP contribution is 1.88. The summed E-state index contributed by atoms with van der Waals surface area (Å²) in [7, 11) is 0. The number of hydrazine groups is 2. The number of rotatable bonds is 0. The first-order valence-corrected chi connectivity index (χ1v) is 2.06. The van der Waals surface area contributed by atoms with Gasteiger partial charge < -0.3 is 0 Å². The lowest BCUT2D eigenvalue weighted by Gasteiger charge is -2.15. The van der Waals surface area contributed by atoms with Crippen LogP contribution < -0.4 is 22.7 Å². The maximum Gasteiger partial charge on any atom is 0.177 e. The average molecular weight is 116 g/mol. The summed E-state index contributed by atoms with van der Waals surface area (Å²) in [6.45, 7) is 0. The molecule has 6 heteroatoms. The Kier molecular flexibility index (Phi) is 0.947. The van der Waals surface area contributed by atoms with Crippen molar-refractivity contribution in [1.29, 1.82) is 0 Å². The van der Waals surface area contributed by atoms with Gasteiger partial charge in [0, 0.05) is 0 Å². The van der Waals surface area contributed by atoms with Gasteiger partial charge in [0.1, 0.15) is 0 Å². The van der Waals surface area contributed by atoms with Gasteiger partial charge in [0.2, 0.25) is 0 Å². The molecule has 0 saturated heterocycles. The molecule has 1 heterocycles. The SMILES string of the molecule is NN1N=CC(N)(N)N1. The minimum absolute atomic E-state index is 0.958. The Morgan fingerprint density at radius 1 is 1.62 bits per heavy atom. The van der Waals surface area contributed by atoms with Crippen molar-refractivity contribution in [3.05, 3.63) is 0 Å². The molecule has 1 aliphatic rings. The maximum absolute atomic E-state index is 5.26. The zero-order chi connectivity index (χ0) is 6.20. The van der Waals surface area contributed by atoms with E-state index in [1.165, 1.54) is 6.21 Å². The Balaban J connectivity index is 2.58. The Morgan fingerprint density at radius 2 is 2.25 bits per heavy atom. The third kappa shape index (κ3) is 0.928. The van der Waals surface area contributed by atoms with E-state index in [1.807, 2.05) is 0 Å². The number of nitrogens with one attached hydrogen (secondary N) is 1. The van der Waals surface area contributed by atoms with E-state index in [0.29, 0.717) is 0 Å². The predicted octanol–water partition coefficient (Wildman–Crippen LogP) is -2.76. The van der Waals surface area contributed by atoms with Crippen molar-refractivity contribution in [2.45, 2.75) is 5.79 Å². The first kappa shape index (κ1) is 5.45. The number of hydrogen-bond acceptors (Lipinski definition) is 6. The van der Waals surface area contributed by atoms with Gasteiger partial charge in [-0.3, -0.25) is 11.5 Å². The Labute approximate surface area is 46.2 Å². The van der Waals surface area contributed by atoms with Gasteiger partial charge in [0.15, 0.2) is 5.79 Å². The topological polar surface area (TPSA) is 106 Å². The van der Waals surface area contributed by atoms with Crippen LogP contribution in [0.3, 0.4) is 0 Å². The van der Waals surface area contributed by atoms with Crippen molar-refractivity contribution >= 4 is 6.21 Å². The molecule has 0 unspecified atom stereocenters. The van der Waals surface area contributed by atoms with Gasteiger partial charge in [-0.2, -0.15) is 15.8 Å². The Morgan fingerprint density at radius 3 is 2.38 bits per heavy atom. The van der Waals surface area contributed by atoms with Crippen molar-refractivity contribution in [2.24, 2.45) is 22.4 Å². The van der Waals surface area contributed by atoms with Gasteiger partial charge in [-0.15, -0.1) is 0 Å². The molecule has 1 rings (SSSR count). The number of hydrazone groups is 1. The lowest BCUT2D eigenvalue weighted by atomic mass is 10.5. The summed E-state index contributed by atoms with van der Waals surface area (Å²) in [6, 6.07) is 0. The van der Waals surface area contributed by atoms with Gasteiger partial charge in [-0.1, -0.05) is 0 Å². The summed E-state index contributed by atoms with van der Waals surface area (Å²) in [4.78, 5) is 0. The zero-order valence-corrected chi connectivity index (χ0v) is 4.20. The van der Waals surface area contributed by atoms with Crippen molar-refractivity contribution in [1.82, 2.24) is 10.7 Å². The van der Waals surface area contributed by atoms with Crippen LogP contribution in [0.1, 0.15) is 0 Å². The first-order chi connectivity index (χ1) is 3.60. The van der Waals surface area contributed by atoms with Crippen LogP contribution in [0.4, 0.5) is 0 Å². The predicted molar refractivity (Wildman–Crippen MR) is 28.8 cm³/mol. The second-order valence-electron chi connectivity index (χ2n) is 1.63. The number of nitrogens with two attached hydrogens (primary N) is 3. The molecule has 8 heavy (non-hydrogen) atoms. The third-order valence-corrected chi connectivity index (χ3v) is 0.704. The minimum Gasteiger partial charge on any atom is -0.295 e. The smallest absolute Gasteiger partial charge is 0.177 e. The molecule has 0 radical (unpaired) electrons. The second kappa shape index (κ2) is 1.39. The lowest BCUT2D eigenvalue weighted by Crippen LogP contribution is -2.63. The van der Waals surface area contributed by atoms with Crippen LogP contribution in [0.25, 0.3) is 0 Å². The average Bonchev–Trinajstić information content (AvgIpc) is 1.82. The van der Waals surface area contributed by atoms with E-state index in [1.54, 1.807) is 0 Å². The molecular weight excluding hydrogens is 108 g/mol. The fraction of sp³-hybridized carbons (Fsp3) is 0.500. The zero-order valence-electron chi connectivity index (χ0n) is 4.20. The molecular formula is C2H8N6. The van der Waals surface area contributed by atoms with E-state index >= 15 is 0 Å². The molecule has 7 N–H and O–H groups in total. The third-order valence-electron chi connectivity index (χ3n) is 0.704. The van der Waals surface area contributed by atoms with Crippen LogP contribution in [0.15, 0.2) is 5.10 Å². The maximum atomic E-state index is 5.26. The number of hydrogen-bond donors (Lipinski definition) is 4. The molecule has 0 spiro atoms. The summed E-state index contributed by atoms with van der Waals surface area (Å²) >= 11 is 0. The Bertz CT molecular complexity index is 116. The molecule has 0 fully saturated rings. The summed E-state index contributed by atoms with van der Waals surface area (Å²) in [6.07, 6.45) is 1.31. The monoisotopic (exact) mass is 116 g/mol. The molecule has 0 aromatic rings. The van der Waals surface area contributed by atoms with E-state index in [-0.39, 0.29) is 0 Å². The normalized spacial score (nSPS) is 24.6. The van der Waals surface area contributed by atoms with E-state index < -0.39 is 5.79 Å². The molecule has 0 atom stereocenters. The van der Waals surface area contributed by atoms with E-state index in [2.05, 4.69) is 10.5 Å². The fourth-order valence-electron chi connectivity index (χ4n) is 0.414. The van der Waals surface area contributed by atoms with Crippen LogP contribution in [-0.2, 0) is 0 Å². The van der Waals surface area contributed by atoms with E-state index in [0.717, 1.165) is 5.23 Å². The molecule has 6 nitrogen and oxygen atoms in total. The van der Waals surface area contributed by atoms with Crippen LogP contribution in [0.5, 0.6) is 0 Å². The molecule has 0 saturated carbocycles. The molecule has 0 aromatic carbocycles. The van der Waals surface area contributed by atoms with Gasteiger partial charge in [-0.25, -0.2) is 5.84 Å². The van der Waals surface area contributed by atoms with Crippen LogP contribution >= 0.6 is 0 Å². The largest absolute Gasteiger partial charge is 0.295 e. The van der Waals surface area contributed by atoms with Gasteiger partial charge in [0.25, 0.3) is 0 Å². The van der Waals surface area contributed by atoms with E-state index in [4.69, 9.17) is 17.3 Å². The van der Waals surface area contributed by atoms with Crippen molar-refractivity contribution < 1.29 is 0 Å². The highest BCUT2D eigenvalue weighted by atomic mass is 15.9. The highest BCUT2D eigenvalue weighted by molar-refractivity contribution is 5.69. The van der Waals surface area contributed by atoms with Gasteiger partial charge >= 0.3 is 0 Å². The highest BCUT2D eigenvalue weighted by Gasteiger charge is 2.22. The standard InChI is InChI=1S/C2H8N6/c3-2(4)1-6-8(5)7-2/h1,7H,3-5H2. The molecule has 1 aliphatic heterocycles. The lowest BCUT2D eigenvalue weighted by molar-refractivity contribution is 0.179. The van der Waals surface area contributed by atoms with Gasteiger partial charge in [0.05, 0.1) is 6.21 Å². The fourth-order valence-corrected chi connectivity index (χ4v) is 0.414. The molecule has 0 aliphatic carbocycles. The molecule has 0 bridgehead atoms. The molecule has 0 amide bonds. The summed E-state index contributed by atoms with van der Waals surface area (Å²) in [5, 5.41) is 4.47. The molecule has 46 valence electrons. The first-order valence-electron chi connectivity index (χ1n) is 2.06. The quantitative estimate of drug-likeness (QED) is 0.202. The van der Waals surface area contributed by atoms with Crippen LogP contribution in [0, 0.1) is 0 Å². The minimum atomic E-state index is -1.07. The van der Waals surface area contributed by atoms with Crippen LogP contribution in [0.2, 0.25) is 0 Å². The summed E-state index contributed by atoms with van der Waals surface area (Å²) in [5.41, 5.74) is 13.0. The van der Waals surface area contributed by atoms with Crippen LogP contribution in [-0.4, -0.2) is 17.2 Å². The van der Waals surface area contributed by atoms with Gasteiger partial charge in [-0.05, 0) is 0 Å².